The second kappa shape index (κ2) is 5.80. The second-order valence-electron chi connectivity index (χ2n) is 4.72. The fraction of sp³-hybridized carbons (Fsp3) is 0.462. The van der Waals surface area contributed by atoms with Gasteiger partial charge in [-0.2, -0.15) is 13.2 Å². The first-order valence-corrected chi connectivity index (χ1v) is 6.15. The molecular formula is C13H15F3N2O2. The zero-order chi connectivity index (χ0) is 14.8. The molecule has 2 unspecified atom stereocenters. The standard InChI is InChI=1S/C13H15F3N2O2/c14-13(15,16)9-3-1-8(2-4-9)5-18-12(19)10-6-20-7-11(10)17/h1-4,10-11H,5-7,17H2,(H,18,19). The lowest BCUT2D eigenvalue weighted by molar-refractivity contribution is -0.137. The van der Waals surface area contributed by atoms with Gasteiger partial charge in [0.2, 0.25) is 5.91 Å². The summed E-state index contributed by atoms with van der Waals surface area (Å²) in [6.07, 6.45) is -4.35. The average Bonchev–Trinajstić information content (AvgIpc) is 2.82. The first-order valence-electron chi connectivity index (χ1n) is 6.15. The van der Waals surface area contributed by atoms with Crippen molar-refractivity contribution in [3.8, 4) is 0 Å². The summed E-state index contributed by atoms with van der Waals surface area (Å²) in [4.78, 5) is 11.8. The molecule has 0 bridgehead atoms. The zero-order valence-electron chi connectivity index (χ0n) is 10.6. The van der Waals surface area contributed by atoms with Crippen LogP contribution in [-0.2, 0) is 22.3 Å². The maximum Gasteiger partial charge on any atom is 0.416 e. The van der Waals surface area contributed by atoms with Crippen LogP contribution in [0.5, 0.6) is 0 Å². The van der Waals surface area contributed by atoms with Crippen LogP contribution < -0.4 is 11.1 Å². The number of rotatable bonds is 3. The van der Waals surface area contributed by atoms with Crippen molar-refractivity contribution in [1.82, 2.24) is 5.32 Å². The Hall–Kier alpha value is -1.60. The maximum atomic E-state index is 12.4. The normalized spacial score (nSPS) is 22.8. The molecule has 1 heterocycles. The van der Waals surface area contributed by atoms with Gasteiger partial charge in [0.1, 0.15) is 0 Å². The van der Waals surface area contributed by atoms with E-state index in [0.29, 0.717) is 12.2 Å². The van der Waals surface area contributed by atoms with Crippen LogP contribution in [0.3, 0.4) is 0 Å². The summed E-state index contributed by atoms with van der Waals surface area (Å²) in [5.41, 5.74) is 5.59. The molecule has 1 amide bonds. The van der Waals surface area contributed by atoms with Gasteiger partial charge in [-0.15, -0.1) is 0 Å². The third-order valence-corrected chi connectivity index (χ3v) is 3.21. The molecule has 2 atom stereocenters. The number of nitrogens with two attached hydrogens (primary N) is 1. The Balaban J connectivity index is 1.89. The van der Waals surface area contributed by atoms with Gasteiger partial charge in [-0.05, 0) is 17.7 Å². The van der Waals surface area contributed by atoms with E-state index in [-0.39, 0.29) is 25.1 Å². The molecule has 20 heavy (non-hydrogen) atoms. The van der Waals surface area contributed by atoms with Gasteiger partial charge >= 0.3 is 6.18 Å². The predicted octanol–water partition coefficient (Wildman–Crippen LogP) is 1.30. The molecule has 2 rings (SSSR count). The molecule has 1 fully saturated rings. The predicted molar refractivity (Wildman–Crippen MR) is 65.6 cm³/mol. The van der Waals surface area contributed by atoms with Crippen molar-refractivity contribution >= 4 is 5.91 Å². The van der Waals surface area contributed by atoms with Crippen molar-refractivity contribution in [3.05, 3.63) is 35.4 Å². The summed E-state index contributed by atoms with van der Waals surface area (Å²) in [7, 11) is 0. The summed E-state index contributed by atoms with van der Waals surface area (Å²) >= 11 is 0. The lowest BCUT2D eigenvalue weighted by atomic mass is 10.0. The number of carbonyl (C=O) groups is 1. The molecule has 0 aliphatic carbocycles. The van der Waals surface area contributed by atoms with Crippen LogP contribution in [-0.4, -0.2) is 25.2 Å². The minimum Gasteiger partial charge on any atom is -0.379 e. The molecule has 0 spiro atoms. The lowest BCUT2D eigenvalue weighted by Crippen LogP contribution is -2.40. The molecule has 1 saturated heterocycles. The molecular weight excluding hydrogens is 273 g/mol. The van der Waals surface area contributed by atoms with Gasteiger partial charge < -0.3 is 15.8 Å². The molecule has 110 valence electrons. The number of alkyl halides is 3. The highest BCUT2D eigenvalue weighted by atomic mass is 19.4. The Kier molecular flexibility index (Phi) is 4.29. The summed E-state index contributed by atoms with van der Waals surface area (Å²) in [6.45, 7) is 0.790. The van der Waals surface area contributed by atoms with Crippen molar-refractivity contribution in [2.24, 2.45) is 11.7 Å². The Bertz CT molecular complexity index is 473. The number of carbonyl (C=O) groups excluding carboxylic acids is 1. The Morgan fingerprint density at radius 3 is 2.45 bits per heavy atom. The van der Waals surface area contributed by atoms with Crippen molar-refractivity contribution in [2.45, 2.75) is 18.8 Å². The first-order chi connectivity index (χ1) is 9.38. The van der Waals surface area contributed by atoms with Crippen molar-refractivity contribution in [1.29, 1.82) is 0 Å². The highest BCUT2D eigenvalue weighted by Crippen LogP contribution is 2.29. The number of benzene rings is 1. The number of hydrogen-bond donors (Lipinski definition) is 2. The molecule has 7 heteroatoms. The van der Waals surface area contributed by atoms with Gasteiger partial charge in [-0.1, -0.05) is 12.1 Å². The van der Waals surface area contributed by atoms with Crippen molar-refractivity contribution in [3.63, 3.8) is 0 Å². The van der Waals surface area contributed by atoms with E-state index < -0.39 is 17.7 Å². The Morgan fingerprint density at radius 2 is 1.95 bits per heavy atom. The monoisotopic (exact) mass is 288 g/mol. The third-order valence-electron chi connectivity index (χ3n) is 3.21. The van der Waals surface area contributed by atoms with Gasteiger partial charge in [0, 0.05) is 12.6 Å². The molecule has 0 saturated carbocycles. The van der Waals surface area contributed by atoms with Gasteiger partial charge in [0.15, 0.2) is 0 Å². The van der Waals surface area contributed by atoms with Gasteiger partial charge in [0.05, 0.1) is 24.7 Å². The zero-order valence-corrected chi connectivity index (χ0v) is 10.6. The molecule has 3 N–H and O–H groups in total. The van der Waals surface area contributed by atoms with Crippen LogP contribution in [0.25, 0.3) is 0 Å². The van der Waals surface area contributed by atoms with Crippen molar-refractivity contribution < 1.29 is 22.7 Å². The summed E-state index contributed by atoms with van der Waals surface area (Å²) in [5.74, 6) is -0.639. The van der Waals surface area contributed by atoms with E-state index in [2.05, 4.69) is 5.32 Å². The quantitative estimate of drug-likeness (QED) is 0.881. The smallest absolute Gasteiger partial charge is 0.379 e. The van der Waals surface area contributed by atoms with E-state index in [0.717, 1.165) is 12.1 Å². The topological polar surface area (TPSA) is 64.3 Å². The van der Waals surface area contributed by atoms with Gasteiger partial charge in [0.25, 0.3) is 0 Å². The van der Waals surface area contributed by atoms with E-state index in [4.69, 9.17) is 10.5 Å². The summed E-state index contributed by atoms with van der Waals surface area (Å²) in [5, 5.41) is 2.65. The largest absolute Gasteiger partial charge is 0.416 e. The highest BCUT2D eigenvalue weighted by molar-refractivity contribution is 5.79. The number of ether oxygens (including phenoxy) is 1. The number of amides is 1. The number of halogens is 3. The second-order valence-corrected chi connectivity index (χ2v) is 4.72. The molecule has 0 aromatic heterocycles. The molecule has 1 aromatic carbocycles. The molecule has 1 aliphatic heterocycles. The highest BCUT2D eigenvalue weighted by Gasteiger charge is 2.31. The maximum absolute atomic E-state index is 12.4. The molecule has 1 aromatic rings. The molecule has 1 aliphatic rings. The minimum atomic E-state index is -4.35. The first kappa shape index (κ1) is 14.8. The van der Waals surface area contributed by atoms with Gasteiger partial charge in [-0.25, -0.2) is 0 Å². The number of hydrogen-bond acceptors (Lipinski definition) is 3. The van der Waals surface area contributed by atoms with Crippen LogP contribution in [0.15, 0.2) is 24.3 Å². The fourth-order valence-electron chi connectivity index (χ4n) is 1.97. The Labute approximate surface area is 114 Å². The molecule has 4 nitrogen and oxygen atoms in total. The van der Waals surface area contributed by atoms with Crippen molar-refractivity contribution in [2.75, 3.05) is 13.2 Å². The van der Waals surface area contributed by atoms with E-state index in [1.54, 1.807) is 0 Å². The number of nitrogens with one attached hydrogen (secondary N) is 1. The van der Waals surface area contributed by atoms with E-state index >= 15 is 0 Å². The SMILES string of the molecule is NC1COCC1C(=O)NCc1ccc(C(F)(F)F)cc1. The fourth-order valence-corrected chi connectivity index (χ4v) is 1.97. The summed E-state index contributed by atoms with van der Waals surface area (Å²) in [6, 6.07) is 4.34. The van der Waals surface area contributed by atoms with E-state index in [1.165, 1.54) is 12.1 Å². The Morgan fingerprint density at radius 1 is 1.30 bits per heavy atom. The summed E-state index contributed by atoms with van der Waals surface area (Å²) < 4.78 is 42.2. The molecule has 0 radical (unpaired) electrons. The average molecular weight is 288 g/mol. The van der Waals surface area contributed by atoms with Crippen LogP contribution in [0.4, 0.5) is 13.2 Å². The third kappa shape index (κ3) is 3.49. The van der Waals surface area contributed by atoms with Crippen LogP contribution >= 0.6 is 0 Å². The minimum absolute atomic E-state index is 0.167. The van der Waals surface area contributed by atoms with Gasteiger partial charge in [-0.3, -0.25) is 4.79 Å². The van der Waals surface area contributed by atoms with Crippen LogP contribution in [0, 0.1) is 5.92 Å². The lowest BCUT2D eigenvalue weighted by Gasteiger charge is -2.13. The van der Waals surface area contributed by atoms with E-state index in [1.807, 2.05) is 0 Å². The van der Waals surface area contributed by atoms with E-state index in [9.17, 15) is 18.0 Å². The van der Waals surface area contributed by atoms with Crippen LogP contribution in [0.1, 0.15) is 11.1 Å². The van der Waals surface area contributed by atoms with Crippen LogP contribution in [0.2, 0.25) is 0 Å².